The molecule has 0 spiro atoms. The van der Waals surface area contributed by atoms with Crippen LogP contribution in [0.5, 0.6) is 0 Å². The molecule has 0 saturated carbocycles. The molecule has 2 heterocycles. The Morgan fingerprint density at radius 2 is 2.04 bits per heavy atom. The molecule has 2 N–H and O–H groups in total. The molecule has 4 rings (SSSR count). The second-order valence-electron chi connectivity index (χ2n) is 5.97. The minimum Gasteiger partial charge on any atom is -0.438 e. The molecule has 9 heteroatoms. The Hall–Kier alpha value is -2.35. The number of thiazole rings is 1. The van der Waals surface area contributed by atoms with Crippen molar-refractivity contribution in [1.82, 2.24) is 15.0 Å². The number of anilines is 1. The maximum absolute atomic E-state index is 12.2. The van der Waals surface area contributed by atoms with Gasteiger partial charge in [-0.3, -0.25) is 5.32 Å². The van der Waals surface area contributed by atoms with Gasteiger partial charge in [-0.05, 0) is 44.2 Å². The topological polar surface area (TPSA) is 79.9 Å². The van der Waals surface area contributed by atoms with Gasteiger partial charge in [0.25, 0.3) is 0 Å². The lowest BCUT2D eigenvalue weighted by Gasteiger charge is -2.12. The largest absolute Gasteiger partial charge is 0.438 e. The molecule has 0 bridgehead atoms. The van der Waals surface area contributed by atoms with Gasteiger partial charge >= 0.3 is 6.09 Å². The van der Waals surface area contributed by atoms with Gasteiger partial charge < -0.3 is 9.72 Å². The Morgan fingerprint density at radius 3 is 2.81 bits per heavy atom. The lowest BCUT2D eigenvalue weighted by molar-refractivity contribution is 0.117. The standard InChI is InChI=1S/C18H14Cl2N4O2S/c1-8(26-18(25)22-10-3-4-11(19)12(20)7-10)17-23-13-5-6-14-16(15(13)24-17)27-9(2)21-14/h3-8H,1-2H3,(H,22,25)(H,23,24). The van der Waals surface area contributed by atoms with E-state index in [2.05, 4.69) is 20.3 Å². The molecule has 6 nitrogen and oxygen atoms in total. The summed E-state index contributed by atoms with van der Waals surface area (Å²) in [6.07, 6.45) is -1.18. The number of aromatic nitrogens is 3. The number of fused-ring (bicyclic) bond motifs is 3. The van der Waals surface area contributed by atoms with Gasteiger partial charge in [0.05, 0.1) is 30.8 Å². The molecule has 2 aromatic heterocycles. The number of carbonyl (C=O) groups is 1. The number of halogens is 2. The Labute approximate surface area is 168 Å². The molecule has 0 radical (unpaired) electrons. The predicted octanol–water partition coefficient (Wildman–Crippen LogP) is 6.10. The van der Waals surface area contributed by atoms with Gasteiger partial charge in [0, 0.05) is 5.69 Å². The third-order valence-electron chi connectivity index (χ3n) is 3.97. The van der Waals surface area contributed by atoms with Crippen LogP contribution in [0.25, 0.3) is 21.3 Å². The summed E-state index contributed by atoms with van der Waals surface area (Å²) >= 11 is 13.4. The van der Waals surface area contributed by atoms with Crippen molar-refractivity contribution in [3.8, 4) is 0 Å². The van der Waals surface area contributed by atoms with E-state index in [-0.39, 0.29) is 0 Å². The quantitative estimate of drug-likeness (QED) is 0.419. The molecule has 0 aliphatic rings. The van der Waals surface area contributed by atoms with Gasteiger partial charge in [0.2, 0.25) is 0 Å². The fraction of sp³-hybridized carbons (Fsp3) is 0.167. The fourth-order valence-electron chi connectivity index (χ4n) is 2.72. The normalized spacial score (nSPS) is 12.4. The number of benzene rings is 2. The van der Waals surface area contributed by atoms with Gasteiger partial charge in [0.15, 0.2) is 6.10 Å². The molecule has 1 atom stereocenters. The molecule has 0 saturated heterocycles. The van der Waals surface area contributed by atoms with Crippen LogP contribution in [0, 0.1) is 6.92 Å². The highest BCUT2D eigenvalue weighted by Gasteiger charge is 2.18. The lowest BCUT2D eigenvalue weighted by atomic mass is 10.3. The van der Waals surface area contributed by atoms with Crippen LogP contribution in [-0.4, -0.2) is 21.0 Å². The predicted molar refractivity (Wildman–Crippen MR) is 109 cm³/mol. The molecule has 138 valence electrons. The minimum atomic E-state index is -0.611. The minimum absolute atomic E-state index is 0.351. The number of H-pyrrole nitrogens is 1. The SMILES string of the molecule is Cc1nc2ccc3[nH]c(C(C)OC(=O)Nc4ccc(Cl)c(Cl)c4)nc3c2s1. The van der Waals surface area contributed by atoms with Crippen LogP contribution >= 0.6 is 34.5 Å². The van der Waals surface area contributed by atoms with Crippen molar-refractivity contribution in [1.29, 1.82) is 0 Å². The highest BCUT2D eigenvalue weighted by Crippen LogP contribution is 2.30. The Kier molecular flexibility index (Phi) is 4.67. The number of hydrogen-bond acceptors (Lipinski definition) is 5. The number of aromatic amines is 1. The average molecular weight is 421 g/mol. The molecule has 27 heavy (non-hydrogen) atoms. The summed E-state index contributed by atoms with van der Waals surface area (Å²) in [5.74, 6) is 0.563. The molecular formula is C18H14Cl2N4O2S. The van der Waals surface area contributed by atoms with Crippen molar-refractivity contribution >= 4 is 67.6 Å². The summed E-state index contributed by atoms with van der Waals surface area (Å²) < 4.78 is 6.44. The number of imidazole rings is 1. The maximum atomic E-state index is 12.2. The number of ether oxygens (including phenoxy) is 1. The van der Waals surface area contributed by atoms with E-state index in [4.69, 9.17) is 27.9 Å². The van der Waals surface area contributed by atoms with E-state index >= 15 is 0 Å². The number of hydrogen-bond donors (Lipinski definition) is 2. The monoisotopic (exact) mass is 420 g/mol. The first kappa shape index (κ1) is 18.0. The highest BCUT2D eigenvalue weighted by atomic mass is 35.5. The van der Waals surface area contributed by atoms with E-state index < -0.39 is 12.2 Å². The fourth-order valence-corrected chi connectivity index (χ4v) is 3.93. The zero-order valence-electron chi connectivity index (χ0n) is 14.3. The van der Waals surface area contributed by atoms with Crippen molar-refractivity contribution in [3.63, 3.8) is 0 Å². The highest BCUT2D eigenvalue weighted by molar-refractivity contribution is 7.19. The van der Waals surface area contributed by atoms with Gasteiger partial charge in [0.1, 0.15) is 11.3 Å². The third-order valence-corrected chi connectivity index (χ3v) is 5.70. The van der Waals surface area contributed by atoms with Crippen LogP contribution < -0.4 is 5.32 Å². The molecule has 0 fully saturated rings. The lowest BCUT2D eigenvalue weighted by Crippen LogP contribution is -2.16. The smallest absolute Gasteiger partial charge is 0.412 e. The molecule has 1 unspecified atom stereocenters. The second kappa shape index (κ2) is 6.99. The summed E-state index contributed by atoms with van der Waals surface area (Å²) in [7, 11) is 0. The first-order valence-electron chi connectivity index (χ1n) is 8.09. The van der Waals surface area contributed by atoms with Crippen molar-refractivity contribution in [2.45, 2.75) is 20.0 Å². The van der Waals surface area contributed by atoms with E-state index in [0.717, 1.165) is 26.3 Å². The van der Waals surface area contributed by atoms with E-state index in [1.807, 2.05) is 19.1 Å². The number of aryl methyl sites for hydroxylation is 1. The van der Waals surface area contributed by atoms with Gasteiger partial charge in [-0.2, -0.15) is 0 Å². The van der Waals surface area contributed by atoms with E-state index in [1.165, 1.54) is 0 Å². The van der Waals surface area contributed by atoms with Crippen molar-refractivity contribution in [3.05, 3.63) is 51.2 Å². The molecular weight excluding hydrogens is 407 g/mol. The van der Waals surface area contributed by atoms with E-state index in [9.17, 15) is 4.79 Å². The number of rotatable bonds is 3. The summed E-state index contributed by atoms with van der Waals surface area (Å²) in [6.45, 7) is 3.71. The Bertz CT molecular complexity index is 1170. The first-order valence-corrected chi connectivity index (χ1v) is 9.66. The number of nitrogens with one attached hydrogen (secondary N) is 2. The van der Waals surface area contributed by atoms with Crippen molar-refractivity contribution in [2.75, 3.05) is 5.32 Å². The second-order valence-corrected chi connectivity index (χ2v) is 7.98. The van der Waals surface area contributed by atoms with Gasteiger partial charge in [-0.25, -0.2) is 14.8 Å². The Morgan fingerprint density at radius 1 is 1.22 bits per heavy atom. The first-order chi connectivity index (χ1) is 12.9. The van der Waals surface area contributed by atoms with Crippen LogP contribution in [-0.2, 0) is 4.74 Å². The number of nitrogens with zero attached hydrogens (tertiary/aromatic N) is 2. The molecule has 4 aromatic rings. The van der Waals surface area contributed by atoms with E-state index in [0.29, 0.717) is 21.6 Å². The van der Waals surface area contributed by atoms with Crippen LogP contribution in [0.3, 0.4) is 0 Å². The number of carbonyl (C=O) groups excluding carboxylic acids is 1. The van der Waals surface area contributed by atoms with E-state index in [1.54, 1.807) is 36.5 Å². The zero-order valence-corrected chi connectivity index (χ0v) is 16.7. The van der Waals surface area contributed by atoms with Gasteiger partial charge in [-0.1, -0.05) is 23.2 Å². The average Bonchev–Trinajstić information content (AvgIpc) is 3.20. The third kappa shape index (κ3) is 3.58. The zero-order chi connectivity index (χ0) is 19.1. The van der Waals surface area contributed by atoms with Crippen LogP contribution in [0.4, 0.5) is 10.5 Å². The van der Waals surface area contributed by atoms with Crippen LogP contribution in [0.15, 0.2) is 30.3 Å². The number of amides is 1. The van der Waals surface area contributed by atoms with Gasteiger partial charge in [-0.15, -0.1) is 11.3 Å². The van der Waals surface area contributed by atoms with Crippen LogP contribution in [0.2, 0.25) is 10.0 Å². The van der Waals surface area contributed by atoms with Crippen molar-refractivity contribution in [2.24, 2.45) is 0 Å². The summed E-state index contributed by atoms with van der Waals surface area (Å²) in [4.78, 5) is 24.5. The van der Waals surface area contributed by atoms with Crippen LogP contribution in [0.1, 0.15) is 23.9 Å². The summed E-state index contributed by atoms with van der Waals surface area (Å²) in [5.41, 5.74) is 3.11. The molecule has 2 aromatic carbocycles. The maximum Gasteiger partial charge on any atom is 0.412 e. The molecule has 0 aliphatic heterocycles. The Balaban J connectivity index is 1.53. The summed E-state index contributed by atoms with van der Waals surface area (Å²) in [6, 6.07) is 8.68. The molecule has 0 aliphatic carbocycles. The molecule has 1 amide bonds. The van der Waals surface area contributed by atoms with Crippen molar-refractivity contribution < 1.29 is 9.53 Å². The summed E-state index contributed by atoms with van der Waals surface area (Å²) in [5, 5.41) is 4.37.